The molecule has 1 rings (SSSR count). The van der Waals surface area contributed by atoms with Crippen LogP contribution < -0.4 is 5.32 Å². The van der Waals surface area contributed by atoms with E-state index in [1.54, 1.807) is 11.2 Å². The zero-order valence-electron chi connectivity index (χ0n) is 18.9. The third-order valence-electron chi connectivity index (χ3n) is 5.14. The first kappa shape index (κ1) is 23.3. The van der Waals surface area contributed by atoms with Crippen molar-refractivity contribution in [3.8, 4) is 0 Å². The second-order valence-electron chi connectivity index (χ2n) is 9.64. The second kappa shape index (κ2) is 11.9. The zero-order chi connectivity index (χ0) is 19.6. The SMILES string of the molecule is CCCCB(CCCC)/C(NC(C)(C)C)=C1/CCCCC1=NCC(C)C. The lowest BCUT2D eigenvalue weighted by atomic mass is 9.40. The minimum absolute atomic E-state index is 0.111. The van der Waals surface area contributed by atoms with Crippen molar-refractivity contribution in [3.05, 3.63) is 11.2 Å². The van der Waals surface area contributed by atoms with Crippen molar-refractivity contribution in [1.82, 2.24) is 5.32 Å². The molecule has 0 bridgehead atoms. The lowest BCUT2D eigenvalue weighted by Gasteiger charge is -2.33. The number of nitrogens with zero attached hydrogens (tertiary/aromatic N) is 1. The third kappa shape index (κ3) is 8.78. The number of rotatable bonds is 10. The molecule has 0 unspecified atom stereocenters. The Morgan fingerprint density at radius 2 is 1.62 bits per heavy atom. The van der Waals surface area contributed by atoms with Crippen LogP contribution in [0, 0.1) is 5.92 Å². The summed E-state index contributed by atoms with van der Waals surface area (Å²) in [5, 5.41) is 3.96. The lowest BCUT2D eigenvalue weighted by molar-refractivity contribution is 0.480. The molecule has 1 fully saturated rings. The van der Waals surface area contributed by atoms with Crippen molar-refractivity contribution in [2.75, 3.05) is 6.54 Å². The summed E-state index contributed by atoms with van der Waals surface area (Å²) in [6.45, 7) is 17.7. The normalized spacial score (nSPS) is 19.2. The smallest absolute Gasteiger partial charge is 0.197 e. The summed E-state index contributed by atoms with van der Waals surface area (Å²) in [5.74, 6) is 0.640. The van der Waals surface area contributed by atoms with Gasteiger partial charge in [0.05, 0.1) is 0 Å². The lowest BCUT2D eigenvalue weighted by Crippen LogP contribution is -2.42. The molecule has 150 valence electrons. The van der Waals surface area contributed by atoms with Crippen molar-refractivity contribution in [2.45, 2.75) is 118 Å². The maximum atomic E-state index is 5.08. The number of aliphatic imine (C=N–C) groups is 1. The molecule has 0 aromatic carbocycles. The highest BCUT2D eigenvalue weighted by atomic mass is 15.0. The van der Waals surface area contributed by atoms with E-state index in [4.69, 9.17) is 4.99 Å². The van der Waals surface area contributed by atoms with E-state index >= 15 is 0 Å². The zero-order valence-corrected chi connectivity index (χ0v) is 18.9. The van der Waals surface area contributed by atoms with E-state index in [1.807, 2.05) is 0 Å². The summed E-state index contributed by atoms with van der Waals surface area (Å²) in [7, 11) is 0. The van der Waals surface area contributed by atoms with Crippen molar-refractivity contribution in [3.63, 3.8) is 0 Å². The van der Waals surface area contributed by atoms with Crippen molar-refractivity contribution >= 4 is 12.4 Å². The number of hydrogen-bond acceptors (Lipinski definition) is 2. The summed E-state index contributed by atoms with van der Waals surface area (Å²) in [5.41, 5.74) is 4.64. The molecule has 1 aliphatic rings. The van der Waals surface area contributed by atoms with Gasteiger partial charge in [0.1, 0.15) is 0 Å². The largest absolute Gasteiger partial charge is 0.391 e. The second-order valence-corrected chi connectivity index (χ2v) is 9.64. The third-order valence-corrected chi connectivity index (χ3v) is 5.14. The predicted octanol–water partition coefficient (Wildman–Crippen LogP) is 6.93. The summed E-state index contributed by atoms with van der Waals surface area (Å²) in [4.78, 5) is 5.08. The maximum absolute atomic E-state index is 5.08. The molecule has 0 aliphatic heterocycles. The van der Waals surface area contributed by atoms with Crippen molar-refractivity contribution in [2.24, 2.45) is 10.9 Å². The first-order valence-corrected chi connectivity index (χ1v) is 11.3. The molecule has 1 N–H and O–H groups in total. The van der Waals surface area contributed by atoms with Crippen LogP contribution in [-0.4, -0.2) is 24.5 Å². The summed E-state index contributed by atoms with van der Waals surface area (Å²) in [6, 6.07) is 0. The number of hydrogen-bond donors (Lipinski definition) is 1. The molecule has 0 aromatic rings. The van der Waals surface area contributed by atoms with Crippen LogP contribution in [0.2, 0.25) is 12.6 Å². The maximum Gasteiger partial charge on any atom is 0.197 e. The van der Waals surface area contributed by atoms with Gasteiger partial charge < -0.3 is 5.32 Å². The van der Waals surface area contributed by atoms with Gasteiger partial charge in [-0.25, -0.2) is 0 Å². The fraction of sp³-hybridized carbons (Fsp3) is 0.870. The van der Waals surface area contributed by atoms with Crippen molar-refractivity contribution < 1.29 is 0 Å². The molecule has 26 heavy (non-hydrogen) atoms. The van der Waals surface area contributed by atoms with Crippen LogP contribution >= 0.6 is 0 Å². The Hall–Kier alpha value is -0.725. The molecule has 0 heterocycles. The summed E-state index contributed by atoms with van der Waals surface area (Å²) < 4.78 is 0. The predicted molar refractivity (Wildman–Crippen MR) is 121 cm³/mol. The van der Waals surface area contributed by atoms with Gasteiger partial charge in [0.25, 0.3) is 0 Å². The van der Waals surface area contributed by atoms with E-state index in [2.05, 4.69) is 53.8 Å². The van der Waals surface area contributed by atoms with Gasteiger partial charge in [-0.2, -0.15) is 0 Å². The number of allylic oxidation sites excluding steroid dienone is 1. The quantitative estimate of drug-likeness (QED) is 0.420. The van der Waals surface area contributed by atoms with E-state index in [-0.39, 0.29) is 5.54 Å². The minimum atomic E-state index is 0.111. The Morgan fingerprint density at radius 1 is 1.04 bits per heavy atom. The standard InChI is InChI=1S/C23H45BN2/c1-8-10-16-24(17-11-9-2)22(26-23(5,6)7)20-14-12-13-15-21(20)25-18-19(3)4/h19,26H,8-18H2,1-7H3/b22-20+,25-21?. The minimum Gasteiger partial charge on any atom is -0.391 e. The van der Waals surface area contributed by atoms with Crippen LogP contribution in [0.15, 0.2) is 16.2 Å². The first-order valence-electron chi connectivity index (χ1n) is 11.3. The Labute approximate surface area is 164 Å². The van der Waals surface area contributed by atoms with Gasteiger partial charge in [-0.1, -0.05) is 66.0 Å². The van der Waals surface area contributed by atoms with Gasteiger partial charge >= 0.3 is 0 Å². The molecule has 1 aliphatic carbocycles. The van der Waals surface area contributed by atoms with E-state index in [9.17, 15) is 0 Å². The Morgan fingerprint density at radius 3 is 2.12 bits per heavy atom. The van der Waals surface area contributed by atoms with E-state index in [0.29, 0.717) is 12.6 Å². The molecule has 2 nitrogen and oxygen atoms in total. The molecule has 0 aromatic heterocycles. The fourth-order valence-electron chi connectivity index (χ4n) is 3.81. The highest BCUT2D eigenvalue weighted by Crippen LogP contribution is 2.29. The van der Waals surface area contributed by atoms with Gasteiger partial charge in [-0.05, 0) is 63.5 Å². The highest BCUT2D eigenvalue weighted by molar-refractivity contribution is 6.67. The Kier molecular flexibility index (Phi) is 10.7. The molecule has 1 saturated carbocycles. The molecule has 3 heteroatoms. The monoisotopic (exact) mass is 360 g/mol. The molecule has 0 atom stereocenters. The first-order chi connectivity index (χ1) is 12.3. The molecule has 0 amide bonds. The number of nitrogens with one attached hydrogen (secondary N) is 1. The average Bonchev–Trinajstić information content (AvgIpc) is 2.58. The highest BCUT2D eigenvalue weighted by Gasteiger charge is 2.28. The summed E-state index contributed by atoms with van der Waals surface area (Å²) in [6.07, 6.45) is 12.9. The van der Waals surface area contributed by atoms with Gasteiger partial charge in [-0.15, -0.1) is 0 Å². The molecular weight excluding hydrogens is 315 g/mol. The number of unbranched alkanes of at least 4 members (excludes halogenated alkanes) is 2. The summed E-state index contributed by atoms with van der Waals surface area (Å²) >= 11 is 0. The van der Waals surface area contributed by atoms with E-state index < -0.39 is 0 Å². The van der Waals surface area contributed by atoms with Crippen LogP contribution in [-0.2, 0) is 0 Å². The Bertz CT molecular complexity index is 449. The molecule has 0 saturated heterocycles. The van der Waals surface area contributed by atoms with Gasteiger partial charge in [0.15, 0.2) is 6.71 Å². The topological polar surface area (TPSA) is 24.4 Å². The Balaban J connectivity index is 3.27. The van der Waals surface area contributed by atoms with E-state index in [1.165, 1.54) is 69.7 Å². The van der Waals surface area contributed by atoms with Gasteiger partial charge in [-0.3, -0.25) is 4.99 Å². The van der Waals surface area contributed by atoms with Crippen LogP contribution in [0.1, 0.15) is 99.8 Å². The average molecular weight is 360 g/mol. The fourth-order valence-corrected chi connectivity index (χ4v) is 3.81. The van der Waals surface area contributed by atoms with Crippen LogP contribution in [0.3, 0.4) is 0 Å². The van der Waals surface area contributed by atoms with Crippen LogP contribution in [0.5, 0.6) is 0 Å². The van der Waals surface area contributed by atoms with Gasteiger partial charge in [0, 0.05) is 17.8 Å². The van der Waals surface area contributed by atoms with Gasteiger partial charge in [0.2, 0.25) is 0 Å². The van der Waals surface area contributed by atoms with E-state index in [0.717, 1.165) is 6.54 Å². The molecule has 0 spiro atoms. The van der Waals surface area contributed by atoms with Crippen molar-refractivity contribution in [1.29, 1.82) is 0 Å². The molecule has 0 radical (unpaired) electrons. The van der Waals surface area contributed by atoms with Crippen LogP contribution in [0.4, 0.5) is 0 Å². The van der Waals surface area contributed by atoms with Crippen LogP contribution in [0.25, 0.3) is 0 Å². The molecular formula is C23H45BN2.